The lowest BCUT2D eigenvalue weighted by Gasteiger charge is -2.11. The molecule has 0 aliphatic rings. The number of hydrogen-bond donors (Lipinski definition) is 3. The van der Waals surface area contributed by atoms with Gasteiger partial charge in [-0.15, -0.1) is 0 Å². The van der Waals surface area contributed by atoms with Crippen LogP contribution in [0.1, 0.15) is 24.5 Å². The molecular formula is C19H23N3O2. The lowest BCUT2D eigenvalue weighted by molar-refractivity contribution is -0.116. The summed E-state index contributed by atoms with van der Waals surface area (Å²) < 4.78 is 0. The summed E-state index contributed by atoms with van der Waals surface area (Å²) in [6.45, 7) is 6.10. The van der Waals surface area contributed by atoms with Crippen LogP contribution in [-0.4, -0.2) is 18.4 Å². The smallest absolute Gasteiger partial charge is 0.226 e. The Morgan fingerprint density at radius 3 is 2.33 bits per heavy atom. The van der Waals surface area contributed by atoms with E-state index in [4.69, 9.17) is 0 Å². The normalized spacial score (nSPS) is 10.1. The van der Waals surface area contributed by atoms with Crippen molar-refractivity contribution in [1.82, 2.24) is 0 Å². The molecule has 0 saturated carbocycles. The molecule has 2 aromatic carbocycles. The summed E-state index contributed by atoms with van der Waals surface area (Å²) in [5.41, 5.74) is 4.75. The van der Waals surface area contributed by atoms with Crippen LogP contribution in [0.4, 0.5) is 17.1 Å². The summed E-state index contributed by atoms with van der Waals surface area (Å²) in [5, 5.41) is 8.80. The molecule has 0 fully saturated rings. The zero-order valence-corrected chi connectivity index (χ0v) is 14.3. The zero-order valence-electron chi connectivity index (χ0n) is 14.3. The largest absolute Gasteiger partial charge is 0.384 e. The van der Waals surface area contributed by atoms with Crippen LogP contribution in [0, 0.1) is 13.8 Å². The molecule has 0 spiro atoms. The van der Waals surface area contributed by atoms with E-state index in [-0.39, 0.29) is 11.8 Å². The van der Waals surface area contributed by atoms with Crippen LogP contribution in [0.3, 0.4) is 0 Å². The third-order valence-electron chi connectivity index (χ3n) is 3.52. The van der Waals surface area contributed by atoms with Crippen molar-refractivity contribution in [3.8, 4) is 0 Å². The number of benzene rings is 2. The van der Waals surface area contributed by atoms with Gasteiger partial charge < -0.3 is 16.0 Å². The Hall–Kier alpha value is -2.82. The zero-order chi connectivity index (χ0) is 17.5. The van der Waals surface area contributed by atoms with Crippen LogP contribution in [0.2, 0.25) is 0 Å². The number of amides is 2. The highest BCUT2D eigenvalue weighted by Gasteiger charge is 2.04. The minimum atomic E-state index is -0.142. The van der Waals surface area contributed by atoms with E-state index < -0.39 is 0 Å². The van der Waals surface area contributed by atoms with Gasteiger partial charge in [-0.3, -0.25) is 9.59 Å². The van der Waals surface area contributed by atoms with E-state index in [1.807, 2.05) is 19.1 Å². The summed E-state index contributed by atoms with van der Waals surface area (Å²) in [7, 11) is 0. The van der Waals surface area contributed by atoms with E-state index in [1.54, 1.807) is 24.3 Å². The number of carbonyl (C=O) groups is 2. The van der Waals surface area contributed by atoms with E-state index in [0.717, 1.165) is 5.69 Å². The topological polar surface area (TPSA) is 70.2 Å². The minimum Gasteiger partial charge on any atom is -0.384 e. The van der Waals surface area contributed by atoms with E-state index in [9.17, 15) is 9.59 Å². The molecule has 5 nitrogen and oxygen atoms in total. The van der Waals surface area contributed by atoms with Gasteiger partial charge in [0, 0.05) is 37.0 Å². The fraction of sp³-hybridized carbons (Fsp3) is 0.263. The van der Waals surface area contributed by atoms with Gasteiger partial charge >= 0.3 is 0 Å². The maximum Gasteiger partial charge on any atom is 0.226 e. The molecule has 0 unspecified atom stereocenters. The second-order valence-corrected chi connectivity index (χ2v) is 5.81. The summed E-state index contributed by atoms with van der Waals surface area (Å²) in [5.74, 6) is -0.219. The van der Waals surface area contributed by atoms with Crippen LogP contribution in [0.25, 0.3) is 0 Å². The first-order chi connectivity index (χ1) is 11.4. The predicted molar refractivity (Wildman–Crippen MR) is 98.4 cm³/mol. The van der Waals surface area contributed by atoms with Crippen LogP contribution < -0.4 is 16.0 Å². The van der Waals surface area contributed by atoms with Crippen molar-refractivity contribution in [3.05, 3.63) is 53.6 Å². The molecule has 0 atom stereocenters. The molecular weight excluding hydrogens is 302 g/mol. The summed E-state index contributed by atoms with van der Waals surface area (Å²) in [4.78, 5) is 23.1. The fourth-order valence-electron chi connectivity index (χ4n) is 2.42. The number of rotatable bonds is 6. The van der Waals surface area contributed by atoms with E-state index in [0.29, 0.717) is 24.3 Å². The molecule has 2 rings (SSSR count). The Morgan fingerprint density at radius 1 is 0.958 bits per heavy atom. The Morgan fingerprint density at radius 2 is 1.67 bits per heavy atom. The standard InChI is InChI=1S/C19H23N3O2/c1-13-7-8-18(14(2)11-13)20-10-9-19(24)22-17-6-4-5-16(12-17)21-15(3)23/h4-8,11-12,20H,9-10H2,1-3H3,(H,21,23)(H,22,24). The third-order valence-corrected chi connectivity index (χ3v) is 3.52. The lowest BCUT2D eigenvalue weighted by Crippen LogP contribution is -2.16. The van der Waals surface area contributed by atoms with E-state index in [2.05, 4.69) is 28.9 Å². The molecule has 0 aromatic heterocycles. The maximum absolute atomic E-state index is 12.0. The molecule has 0 heterocycles. The monoisotopic (exact) mass is 325 g/mol. The van der Waals surface area contributed by atoms with Crippen molar-refractivity contribution in [2.24, 2.45) is 0 Å². The molecule has 2 aromatic rings. The van der Waals surface area contributed by atoms with Gasteiger partial charge in [-0.1, -0.05) is 23.8 Å². The summed E-state index contributed by atoms with van der Waals surface area (Å²) >= 11 is 0. The number of hydrogen-bond acceptors (Lipinski definition) is 3. The van der Waals surface area contributed by atoms with Gasteiger partial charge in [0.05, 0.1) is 0 Å². The van der Waals surface area contributed by atoms with Crippen molar-refractivity contribution >= 4 is 28.9 Å². The van der Waals surface area contributed by atoms with Gasteiger partial charge in [0.25, 0.3) is 0 Å². The number of carbonyl (C=O) groups excluding carboxylic acids is 2. The molecule has 24 heavy (non-hydrogen) atoms. The van der Waals surface area contributed by atoms with Crippen molar-refractivity contribution in [1.29, 1.82) is 0 Å². The second kappa shape index (κ2) is 8.15. The van der Waals surface area contributed by atoms with Gasteiger partial charge in [0.1, 0.15) is 0 Å². The Bertz CT molecular complexity index is 741. The highest BCUT2D eigenvalue weighted by atomic mass is 16.2. The minimum absolute atomic E-state index is 0.0766. The van der Waals surface area contributed by atoms with Gasteiger partial charge in [0.15, 0.2) is 0 Å². The molecule has 0 radical (unpaired) electrons. The first-order valence-corrected chi connectivity index (χ1v) is 7.92. The fourth-order valence-corrected chi connectivity index (χ4v) is 2.42. The number of anilines is 3. The molecule has 5 heteroatoms. The van der Waals surface area contributed by atoms with Crippen molar-refractivity contribution in [2.75, 3.05) is 22.5 Å². The maximum atomic E-state index is 12.0. The quantitative estimate of drug-likeness (QED) is 0.758. The highest BCUT2D eigenvalue weighted by molar-refractivity contribution is 5.93. The van der Waals surface area contributed by atoms with Gasteiger partial charge in [-0.25, -0.2) is 0 Å². The second-order valence-electron chi connectivity index (χ2n) is 5.81. The first kappa shape index (κ1) is 17.5. The van der Waals surface area contributed by atoms with Gasteiger partial charge in [0.2, 0.25) is 11.8 Å². The molecule has 126 valence electrons. The van der Waals surface area contributed by atoms with Gasteiger partial charge in [-0.05, 0) is 43.7 Å². The molecule has 0 aliphatic heterocycles. The molecule has 0 bridgehead atoms. The van der Waals surface area contributed by atoms with Crippen molar-refractivity contribution < 1.29 is 9.59 Å². The van der Waals surface area contributed by atoms with Crippen LogP contribution in [-0.2, 0) is 9.59 Å². The summed E-state index contributed by atoms with van der Waals surface area (Å²) in [6, 6.07) is 13.3. The highest BCUT2D eigenvalue weighted by Crippen LogP contribution is 2.17. The number of aryl methyl sites for hydroxylation is 2. The lowest BCUT2D eigenvalue weighted by atomic mass is 10.1. The van der Waals surface area contributed by atoms with Crippen molar-refractivity contribution in [3.63, 3.8) is 0 Å². The van der Waals surface area contributed by atoms with E-state index in [1.165, 1.54) is 18.1 Å². The average molecular weight is 325 g/mol. The molecule has 0 saturated heterocycles. The third kappa shape index (κ3) is 5.43. The Balaban J connectivity index is 1.84. The SMILES string of the molecule is CC(=O)Nc1cccc(NC(=O)CCNc2ccc(C)cc2C)c1. The molecule has 3 N–H and O–H groups in total. The van der Waals surface area contributed by atoms with Crippen LogP contribution in [0.5, 0.6) is 0 Å². The molecule has 0 aliphatic carbocycles. The number of nitrogens with one attached hydrogen (secondary N) is 3. The first-order valence-electron chi connectivity index (χ1n) is 7.92. The average Bonchev–Trinajstić information content (AvgIpc) is 2.49. The van der Waals surface area contributed by atoms with E-state index >= 15 is 0 Å². The van der Waals surface area contributed by atoms with Crippen molar-refractivity contribution in [2.45, 2.75) is 27.2 Å². The summed E-state index contributed by atoms with van der Waals surface area (Å²) in [6.07, 6.45) is 0.359. The van der Waals surface area contributed by atoms with Crippen LogP contribution >= 0.6 is 0 Å². The van der Waals surface area contributed by atoms with Gasteiger partial charge in [-0.2, -0.15) is 0 Å². The van der Waals surface area contributed by atoms with Crippen LogP contribution in [0.15, 0.2) is 42.5 Å². The Labute approximate surface area is 142 Å². The molecule has 2 amide bonds. The predicted octanol–water partition coefficient (Wildman–Crippen LogP) is 3.70. The Kier molecular flexibility index (Phi) is 5.95.